The van der Waals surface area contributed by atoms with Crippen molar-refractivity contribution in [2.24, 2.45) is 5.73 Å². The molecule has 164 valence electrons. The fourth-order valence-electron chi connectivity index (χ4n) is 2.99. The number of hydrogen-bond acceptors (Lipinski definition) is 4. The molecule has 7 nitrogen and oxygen atoms in total. The van der Waals surface area contributed by atoms with Crippen LogP contribution >= 0.6 is 15.9 Å². The van der Waals surface area contributed by atoms with Crippen LogP contribution in [0.4, 0.5) is 0 Å². The number of primary amides is 1. The third-order valence-corrected chi connectivity index (χ3v) is 4.95. The zero-order chi connectivity index (χ0) is 23.0. The maximum absolute atomic E-state index is 13.0. The van der Waals surface area contributed by atoms with E-state index >= 15 is 0 Å². The Labute approximate surface area is 190 Å². The summed E-state index contributed by atoms with van der Waals surface area (Å²) in [6.45, 7) is 5.78. The molecule has 0 aliphatic heterocycles. The van der Waals surface area contributed by atoms with Gasteiger partial charge in [-0.2, -0.15) is 5.10 Å². The lowest BCUT2D eigenvalue weighted by molar-refractivity contribution is -0.127. The van der Waals surface area contributed by atoms with Gasteiger partial charge in [-0.15, -0.1) is 0 Å². The molecule has 1 heterocycles. The van der Waals surface area contributed by atoms with Gasteiger partial charge in [-0.3, -0.25) is 9.59 Å². The molecule has 3 rings (SSSR count). The van der Waals surface area contributed by atoms with Crippen LogP contribution in [0.2, 0.25) is 0 Å². The third kappa shape index (κ3) is 6.50. The van der Waals surface area contributed by atoms with Gasteiger partial charge in [0.1, 0.15) is 5.69 Å². The summed E-state index contributed by atoms with van der Waals surface area (Å²) < 4.78 is 2.43. The molecule has 0 bridgehead atoms. The second-order valence-corrected chi connectivity index (χ2v) is 7.59. The van der Waals surface area contributed by atoms with Crippen LogP contribution in [0, 0.1) is 6.92 Å². The van der Waals surface area contributed by atoms with Crippen LogP contribution < -0.4 is 11.1 Å². The molecule has 0 aliphatic rings. The van der Waals surface area contributed by atoms with E-state index in [-0.39, 0.29) is 6.42 Å². The Hall–Kier alpha value is -2.97. The lowest BCUT2D eigenvalue weighted by Gasteiger charge is -2.22. The Morgan fingerprint density at radius 1 is 1.13 bits per heavy atom. The number of nitrogens with one attached hydrogen (secondary N) is 1. The first-order valence-corrected chi connectivity index (χ1v) is 10.8. The molecule has 4 N–H and O–H groups in total. The average molecular weight is 487 g/mol. The predicted molar refractivity (Wildman–Crippen MR) is 124 cm³/mol. The summed E-state index contributed by atoms with van der Waals surface area (Å²) in [4.78, 5) is 24.6. The molecule has 8 heteroatoms. The molecule has 0 radical (unpaired) electrons. The average Bonchev–Trinajstić information content (AvgIpc) is 3.17. The molecule has 3 aromatic rings. The number of benzene rings is 2. The number of aromatic nitrogens is 2. The Morgan fingerprint density at radius 3 is 2.32 bits per heavy atom. The van der Waals surface area contributed by atoms with Gasteiger partial charge in [0.05, 0.1) is 17.4 Å². The van der Waals surface area contributed by atoms with E-state index in [2.05, 4.69) is 26.3 Å². The third-order valence-electron chi connectivity index (χ3n) is 4.42. The Kier molecular flexibility index (Phi) is 8.96. The molecule has 0 saturated heterocycles. The number of rotatable bonds is 7. The van der Waals surface area contributed by atoms with Crippen LogP contribution in [-0.4, -0.2) is 38.8 Å². The Morgan fingerprint density at radius 2 is 1.74 bits per heavy atom. The minimum absolute atomic E-state index is 0.252. The zero-order valence-electron chi connectivity index (χ0n) is 17.7. The Bertz CT molecular complexity index is 1000. The van der Waals surface area contributed by atoms with Gasteiger partial charge in [0.15, 0.2) is 6.10 Å². The summed E-state index contributed by atoms with van der Waals surface area (Å²) in [5, 5.41) is 17.4. The van der Waals surface area contributed by atoms with Gasteiger partial charge < -0.3 is 16.2 Å². The number of aryl methyl sites for hydroxylation is 1. The number of carbonyl (C=O) groups excluding carboxylic acids is 2. The van der Waals surface area contributed by atoms with Crippen molar-refractivity contribution in [3.63, 3.8) is 0 Å². The van der Waals surface area contributed by atoms with E-state index in [0.29, 0.717) is 17.1 Å². The van der Waals surface area contributed by atoms with E-state index in [4.69, 9.17) is 5.73 Å². The maximum Gasteiger partial charge on any atom is 0.270 e. The molecule has 2 amide bonds. The van der Waals surface area contributed by atoms with Gasteiger partial charge in [0, 0.05) is 4.47 Å². The van der Waals surface area contributed by atoms with Crippen molar-refractivity contribution in [3.8, 4) is 5.69 Å². The normalized spacial score (nSPS) is 12.3. The van der Waals surface area contributed by atoms with Gasteiger partial charge in [0.25, 0.3) is 5.91 Å². The standard InChI is InChI=1S/C21H21BrN4O3.C2H6/c1-13-11-18(26(25-13)16-9-7-15(22)8-10-16)21(29)24-17(19(27)20(23)28)12-14-5-3-2-4-6-14;1-2/h2-11,17,19,27H,12H2,1H3,(H2,23,28)(H,24,29);1-2H3. The van der Waals surface area contributed by atoms with E-state index in [1.807, 2.05) is 68.4 Å². The SMILES string of the molecule is CC.Cc1cc(C(=O)NC(Cc2ccccc2)C(O)C(N)=O)n(-c2ccc(Br)cc2)n1. The number of halogens is 1. The van der Waals surface area contributed by atoms with Crippen molar-refractivity contribution in [2.45, 2.75) is 39.3 Å². The lowest BCUT2D eigenvalue weighted by Crippen LogP contribution is -2.50. The number of amides is 2. The number of carbonyl (C=O) groups is 2. The summed E-state index contributed by atoms with van der Waals surface area (Å²) >= 11 is 3.38. The summed E-state index contributed by atoms with van der Waals surface area (Å²) in [7, 11) is 0. The highest BCUT2D eigenvalue weighted by atomic mass is 79.9. The predicted octanol–water partition coefficient (Wildman–Crippen LogP) is 3.16. The van der Waals surface area contributed by atoms with Crippen molar-refractivity contribution in [1.29, 1.82) is 0 Å². The molecule has 31 heavy (non-hydrogen) atoms. The lowest BCUT2D eigenvalue weighted by atomic mass is 10.0. The smallest absolute Gasteiger partial charge is 0.270 e. The van der Waals surface area contributed by atoms with Gasteiger partial charge in [-0.05, 0) is 49.2 Å². The van der Waals surface area contributed by atoms with Crippen LogP contribution in [0.25, 0.3) is 5.69 Å². The van der Waals surface area contributed by atoms with Gasteiger partial charge in [0.2, 0.25) is 5.91 Å². The van der Waals surface area contributed by atoms with E-state index in [1.165, 1.54) is 4.68 Å². The number of nitrogens with zero attached hydrogens (tertiary/aromatic N) is 2. The summed E-state index contributed by atoms with van der Waals surface area (Å²) in [6, 6.07) is 17.4. The summed E-state index contributed by atoms with van der Waals surface area (Å²) in [5.41, 5.74) is 7.80. The minimum atomic E-state index is -1.52. The number of aliphatic hydroxyl groups excluding tert-OH is 1. The van der Waals surface area contributed by atoms with Crippen molar-refractivity contribution in [3.05, 3.63) is 82.1 Å². The number of aliphatic hydroxyl groups is 1. The molecule has 0 aliphatic carbocycles. The molecule has 1 aromatic heterocycles. The van der Waals surface area contributed by atoms with Crippen LogP contribution in [0.1, 0.15) is 35.6 Å². The zero-order valence-corrected chi connectivity index (χ0v) is 19.3. The molecule has 0 fully saturated rings. The first-order chi connectivity index (χ1) is 14.8. The maximum atomic E-state index is 13.0. The van der Waals surface area contributed by atoms with E-state index in [0.717, 1.165) is 10.0 Å². The van der Waals surface area contributed by atoms with Crippen LogP contribution in [0.3, 0.4) is 0 Å². The highest BCUT2D eigenvalue weighted by molar-refractivity contribution is 9.10. The largest absolute Gasteiger partial charge is 0.381 e. The quantitative estimate of drug-likeness (QED) is 0.476. The van der Waals surface area contributed by atoms with Gasteiger partial charge in [-0.1, -0.05) is 60.1 Å². The van der Waals surface area contributed by atoms with Crippen LogP contribution in [-0.2, 0) is 11.2 Å². The molecule has 2 atom stereocenters. The first kappa shape index (κ1) is 24.3. The second-order valence-electron chi connectivity index (χ2n) is 6.68. The van der Waals surface area contributed by atoms with Crippen molar-refractivity contribution >= 4 is 27.7 Å². The van der Waals surface area contributed by atoms with Crippen molar-refractivity contribution in [2.75, 3.05) is 0 Å². The highest BCUT2D eigenvalue weighted by Crippen LogP contribution is 2.17. The van der Waals surface area contributed by atoms with Crippen molar-refractivity contribution in [1.82, 2.24) is 15.1 Å². The van der Waals surface area contributed by atoms with E-state index in [1.54, 1.807) is 13.0 Å². The van der Waals surface area contributed by atoms with E-state index < -0.39 is 24.0 Å². The highest BCUT2D eigenvalue weighted by Gasteiger charge is 2.28. The molecular formula is C23H27BrN4O3. The molecular weight excluding hydrogens is 460 g/mol. The first-order valence-electron chi connectivity index (χ1n) is 10.00. The molecule has 0 spiro atoms. The Balaban J connectivity index is 0.00000166. The molecule has 2 aromatic carbocycles. The van der Waals surface area contributed by atoms with Crippen LogP contribution in [0.5, 0.6) is 0 Å². The van der Waals surface area contributed by atoms with E-state index in [9.17, 15) is 14.7 Å². The monoisotopic (exact) mass is 486 g/mol. The number of nitrogens with two attached hydrogens (primary N) is 1. The fraction of sp³-hybridized carbons (Fsp3) is 0.261. The second kappa shape index (κ2) is 11.4. The summed E-state index contributed by atoms with van der Waals surface area (Å²) in [6.07, 6.45) is -1.27. The number of hydrogen-bond donors (Lipinski definition) is 3. The molecule has 0 saturated carbocycles. The summed E-state index contributed by atoms with van der Waals surface area (Å²) in [5.74, 6) is -1.36. The van der Waals surface area contributed by atoms with Crippen LogP contribution in [0.15, 0.2) is 65.1 Å². The van der Waals surface area contributed by atoms with Crippen molar-refractivity contribution < 1.29 is 14.7 Å². The molecule has 2 unspecified atom stereocenters. The topological polar surface area (TPSA) is 110 Å². The fourth-order valence-corrected chi connectivity index (χ4v) is 3.25. The van der Waals surface area contributed by atoms with Gasteiger partial charge in [-0.25, -0.2) is 4.68 Å². The minimum Gasteiger partial charge on any atom is -0.381 e. The van der Waals surface area contributed by atoms with Gasteiger partial charge >= 0.3 is 0 Å².